The summed E-state index contributed by atoms with van der Waals surface area (Å²) >= 11 is 0. The molecule has 0 aromatic heterocycles. The fraction of sp³-hybridized carbons (Fsp3) is 0.873. The molecule has 1 atom stereocenters. The predicted molar refractivity (Wildman–Crippen MR) is 335 cm³/mol. The Hall–Kier alpha value is -2.37. The smallest absolute Gasteiger partial charge is 0.306 e. The van der Waals surface area contributed by atoms with Gasteiger partial charge in [0.2, 0.25) is 0 Å². The average Bonchev–Trinajstić information content (AvgIpc) is 3.43. The highest BCUT2D eigenvalue weighted by atomic mass is 16.6. The number of rotatable bonds is 64. The van der Waals surface area contributed by atoms with Crippen molar-refractivity contribution in [3.05, 3.63) is 36.5 Å². The van der Waals surface area contributed by atoms with E-state index in [-0.39, 0.29) is 31.1 Å². The summed E-state index contributed by atoms with van der Waals surface area (Å²) in [5, 5.41) is 0. The van der Waals surface area contributed by atoms with Crippen molar-refractivity contribution in [2.24, 2.45) is 0 Å². The summed E-state index contributed by atoms with van der Waals surface area (Å²) in [7, 11) is 0. The molecule has 0 fully saturated rings. The second-order valence-corrected chi connectivity index (χ2v) is 23.5. The maximum absolute atomic E-state index is 12.9. The second-order valence-electron chi connectivity index (χ2n) is 23.5. The van der Waals surface area contributed by atoms with Crippen LogP contribution in [0.15, 0.2) is 36.5 Å². The number of esters is 3. The molecule has 77 heavy (non-hydrogen) atoms. The standard InChI is InChI=1S/C71H132O6/c1-4-7-10-13-16-19-21-23-25-27-29-31-33-35-37-38-40-42-44-46-48-50-52-55-58-61-64-70(73)76-67-68(66-75-69(72)63-60-57-54-18-15-12-9-6-3)77-71(74)65-62-59-56-53-51-49-47-45-43-41-39-36-34-32-30-28-26-24-22-20-17-14-11-8-5-2/h22,24,28,30,34,36,68H,4-21,23,25-27,29,31-33,35,37-67H2,1-3H3/b24-22-,30-28-,36-34-. The number of hydrogen-bond acceptors (Lipinski definition) is 6. The van der Waals surface area contributed by atoms with Gasteiger partial charge in [0.1, 0.15) is 13.2 Å². The molecule has 0 heterocycles. The minimum atomic E-state index is -0.770. The molecule has 0 N–H and O–H groups in total. The zero-order valence-corrected chi connectivity index (χ0v) is 52.0. The van der Waals surface area contributed by atoms with Gasteiger partial charge in [0.05, 0.1) is 0 Å². The van der Waals surface area contributed by atoms with Crippen LogP contribution in [0.2, 0.25) is 0 Å². The third-order valence-electron chi connectivity index (χ3n) is 15.6. The van der Waals surface area contributed by atoms with Gasteiger partial charge in [0.25, 0.3) is 0 Å². The Labute approximate surface area is 480 Å². The summed E-state index contributed by atoms with van der Waals surface area (Å²) in [6, 6.07) is 0. The summed E-state index contributed by atoms with van der Waals surface area (Å²) in [5.74, 6) is -0.852. The Bertz CT molecular complexity index is 1290. The fourth-order valence-electron chi connectivity index (χ4n) is 10.5. The van der Waals surface area contributed by atoms with Crippen LogP contribution in [0.4, 0.5) is 0 Å². The zero-order valence-electron chi connectivity index (χ0n) is 52.0. The number of ether oxygens (including phenoxy) is 3. The largest absolute Gasteiger partial charge is 0.462 e. The lowest BCUT2D eigenvalue weighted by Crippen LogP contribution is -2.30. The molecule has 0 amide bonds. The summed E-state index contributed by atoms with van der Waals surface area (Å²) in [6.45, 7) is 6.66. The lowest BCUT2D eigenvalue weighted by Gasteiger charge is -2.18. The predicted octanol–water partition coefficient (Wildman–Crippen LogP) is 23.6. The zero-order chi connectivity index (χ0) is 55.7. The molecule has 452 valence electrons. The van der Waals surface area contributed by atoms with Gasteiger partial charge in [-0.05, 0) is 57.8 Å². The van der Waals surface area contributed by atoms with Gasteiger partial charge in [0.15, 0.2) is 6.10 Å². The molecule has 0 aliphatic rings. The number of hydrogen-bond donors (Lipinski definition) is 0. The molecule has 0 rings (SSSR count). The number of carbonyl (C=O) groups is 3. The Morgan fingerprint density at radius 3 is 0.727 bits per heavy atom. The van der Waals surface area contributed by atoms with Crippen LogP contribution in [0.1, 0.15) is 380 Å². The van der Waals surface area contributed by atoms with Crippen molar-refractivity contribution >= 4 is 17.9 Å². The lowest BCUT2D eigenvalue weighted by atomic mass is 10.0. The van der Waals surface area contributed by atoms with Gasteiger partial charge in [-0.25, -0.2) is 0 Å². The van der Waals surface area contributed by atoms with Gasteiger partial charge in [0, 0.05) is 19.3 Å². The van der Waals surface area contributed by atoms with Crippen molar-refractivity contribution < 1.29 is 28.6 Å². The fourth-order valence-corrected chi connectivity index (χ4v) is 10.5. The van der Waals surface area contributed by atoms with Crippen molar-refractivity contribution in [3.63, 3.8) is 0 Å². The number of carbonyl (C=O) groups excluding carboxylic acids is 3. The molecule has 0 saturated carbocycles. The van der Waals surface area contributed by atoms with E-state index in [1.807, 2.05) is 0 Å². The molecule has 0 radical (unpaired) electrons. The molecule has 6 nitrogen and oxygen atoms in total. The monoisotopic (exact) mass is 1080 g/mol. The van der Waals surface area contributed by atoms with Crippen LogP contribution in [0.25, 0.3) is 0 Å². The van der Waals surface area contributed by atoms with E-state index in [2.05, 4.69) is 57.2 Å². The first-order chi connectivity index (χ1) is 38.0. The molecule has 1 unspecified atom stereocenters. The molecular formula is C71H132O6. The third-order valence-corrected chi connectivity index (χ3v) is 15.6. The van der Waals surface area contributed by atoms with Gasteiger partial charge >= 0.3 is 17.9 Å². The molecule has 0 bridgehead atoms. The quantitative estimate of drug-likeness (QED) is 0.0261. The van der Waals surface area contributed by atoms with E-state index in [0.29, 0.717) is 19.3 Å². The Morgan fingerprint density at radius 1 is 0.260 bits per heavy atom. The molecule has 6 heteroatoms. The van der Waals surface area contributed by atoms with Crippen LogP contribution >= 0.6 is 0 Å². The minimum Gasteiger partial charge on any atom is -0.462 e. The SMILES string of the molecule is CCCCCCC/C=C\C/C=C\C/C=C\CCCCCCCCCCCCC(=O)OC(COC(=O)CCCCCCCCCC)COC(=O)CCCCCCCCCCCCCCCCCCCCCCCCCCCC. The normalized spacial score (nSPS) is 12.2. The van der Waals surface area contributed by atoms with Gasteiger partial charge in [-0.15, -0.1) is 0 Å². The van der Waals surface area contributed by atoms with Gasteiger partial charge in [-0.1, -0.05) is 340 Å². The highest BCUT2D eigenvalue weighted by Gasteiger charge is 2.19. The number of allylic oxidation sites excluding steroid dienone is 6. The van der Waals surface area contributed by atoms with Crippen molar-refractivity contribution in [2.45, 2.75) is 386 Å². The molecule has 0 aromatic rings. The van der Waals surface area contributed by atoms with E-state index in [1.165, 1.54) is 270 Å². The van der Waals surface area contributed by atoms with Crippen LogP contribution in [0, 0.1) is 0 Å². The topological polar surface area (TPSA) is 78.9 Å². The summed E-state index contributed by atoms with van der Waals surface area (Å²) < 4.78 is 16.9. The Kier molecular flexibility index (Phi) is 64.1. The Balaban J connectivity index is 4.10. The van der Waals surface area contributed by atoms with E-state index >= 15 is 0 Å². The first-order valence-corrected chi connectivity index (χ1v) is 34.5. The van der Waals surface area contributed by atoms with Crippen LogP contribution in [0.5, 0.6) is 0 Å². The molecule has 0 aromatic carbocycles. The summed E-state index contributed by atoms with van der Waals surface area (Å²) in [4.78, 5) is 38.2. The first-order valence-electron chi connectivity index (χ1n) is 34.5. The van der Waals surface area contributed by atoms with Crippen molar-refractivity contribution in [3.8, 4) is 0 Å². The van der Waals surface area contributed by atoms with Crippen molar-refractivity contribution in [1.29, 1.82) is 0 Å². The number of unbranched alkanes of at least 4 members (excludes halogenated alkanes) is 47. The Morgan fingerprint density at radius 2 is 0.468 bits per heavy atom. The maximum atomic E-state index is 12.9. The molecule has 0 spiro atoms. The van der Waals surface area contributed by atoms with Crippen LogP contribution in [-0.2, 0) is 28.6 Å². The van der Waals surface area contributed by atoms with E-state index in [0.717, 1.165) is 70.6 Å². The van der Waals surface area contributed by atoms with E-state index < -0.39 is 6.10 Å². The van der Waals surface area contributed by atoms with E-state index in [4.69, 9.17) is 14.2 Å². The lowest BCUT2D eigenvalue weighted by molar-refractivity contribution is -0.167. The van der Waals surface area contributed by atoms with Crippen LogP contribution in [0.3, 0.4) is 0 Å². The van der Waals surface area contributed by atoms with Gasteiger partial charge < -0.3 is 14.2 Å². The highest BCUT2D eigenvalue weighted by Crippen LogP contribution is 2.18. The van der Waals surface area contributed by atoms with Crippen LogP contribution in [-0.4, -0.2) is 37.2 Å². The van der Waals surface area contributed by atoms with E-state index in [9.17, 15) is 14.4 Å². The molecular weight excluding hydrogens is 949 g/mol. The third kappa shape index (κ3) is 64.3. The summed E-state index contributed by atoms with van der Waals surface area (Å²) in [5.41, 5.74) is 0. The van der Waals surface area contributed by atoms with Crippen LogP contribution < -0.4 is 0 Å². The minimum absolute atomic E-state index is 0.0684. The van der Waals surface area contributed by atoms with Crippen molar-refractivity contribution in [1.82, 2.24) is 0 Å². The van der Waals surface area contributed by atoms with E-state index in [1.54, 1.807) is 0 Å². The highest BCUT2D eigenvalue weighted by molar-refractivity contribution is 5.71. The molecule has 0 saturated heterocycles. The van der Waals surface area contributed by atoms with Gasteiger partial charge in [-0.3, -0.25) is 14.4 Å². The average molecular weight is 1080 g/mol. The molecule has 0 aliphatic heterocycles. The van der Waals surface area contributed by atoms with Gasteiger partial charge in [-0.2, -0.15) is 0 Å². The van der Waals surface area contributed by atoms with Crippen molar-refractivity contribution in [2.75, 3.05) is 13.2 Å². The molecule has 0 aliphatic carbocycles. The maximum Gasteiger partial charge on any atom is 0.306 e. The summed E-state index contributed by atoms with van der Waals surface area (Å²) in [6.07, 6.45) is 81.9. The first kappa shape index (κ1) is 74.6. The second kappa shape index (κ2) is 66.1.